The van der Waals surface area contributed by atoms with Gasteiger partial charge in [-0.1, -0.05) is 12.8 Å². The number of hydrogen-bond acceptors (Lipinski definition) is 7. The fraction of sp³-hybridized carbons (Fsp3) is 0.462. The molecule has 1 aliphatic rings. The third kappa shape index (κ3) is 4.48. The number of nitrogens with zero attached hydrogens (tertiary/aromatic N) is 2. The first-order valence-electron chi connectivity index (χ1n) is 7.30. The third-order valence-electron chi connectivity index (χ3n) is 3.99. The molecule has 1 amide bonds. The topological polar surface area (TPSA) is 170 Å². The highest BCUT2D eigenvalue weighted by atomic mass is 32.2. The van der Waals surface area contributed by atoms with E-state index in [0.717, 1.165) is 18.2 Å². The molecular formula is C13H15N3O8S. The van der Waals surface area contributed by atoms with E-state index in [4.69, 9.17) is 0 Å². The second kappa shape index (κ2) is 7.11. The van der Waals surface area contributed by atoms with Gasteiger partial charge in [-0.2, -0.15) is 8.42 Å². The lowest BCUT2D eigenvalue weighted by atomic mass is 9.94. The van der Waals surface area contributed by atoms with Gasteiger partial charge in [0.25, 0.3) is 27.4 Å². The second-order valence-corrected chi connectivity index (χ2v) is 7.31. The van der Waals surface area contributed by atoms with Crippen LogP contribution in [0.5, 0.6) is 0 Å². The maximum absolute atomic E-state index is 12.3. The van der Waals surface area contributed by atoms with E-state index < -0.39 is 48.5 Å². The normalized spacial score (nSPS) is 20.7. The molecule has 12 heteroatoms. The molecule has 25 heavy (non-hydrogen) atoms. The highest BCUT2D eigenvalue weighted by Crippen LogP contribution is 2.26. The Labute approximate surface area is 142 Å². The van der Waals surface area contributed by atoms with Gasteiger partial charge in [-0.3, -0.25) is 29.6 Å². The Morgan fingerprint density at radius 1 is 1.08 bits per heavy atom. The molecule has 2 atom stereocenters. The Hall–Kier alpha value is -2.60. The van der Waals surface area contributed by atoms with Gasteiger partial charge in [0.05, 0.1) is 21.5 Å². The molecule has 0 bridgehead atoms. The first kappa shape index (κ1) is 18.7. The number of nitrogens with one attached hydrogen (secondary N) is 1. The molecule has 2 rings (SSSR count). The number of rotatable bonds is 5. The second-order valence-electron chi connectivity index (χ2n) is 5.67. The van der Waals surface area contributed by atoms with E-state index in [2.05, 4.69) is 5.32 Å². The highest BCUT2D eigenvalue weighted by molar-refractivity contribution is 7.86. The van der Waals surface area contributed by atoms with Crippen LogP contribution in [0.2, 0.25) is 0 Å². The van der Waals surface area contributed by atoms with Crippen molar-refractivity contribution in [2.45, 2.75) is 37.0 Å². The predicted octanol–water partition coefficient (Wildman–Crippen LogP) is 1.43. The maximum Gasteiger partial charge on any atom is 0.277 e. The molecule has 0 aromatic heterocycles. The Morgan fingerprint density at radius 2 is 1.60 bits per heavy atom. The van der Waals surface area contributed by atoms with Gasteiger partial charge in [-0.15, -0.1) is 0 Å². The van der Waals surface area contributed by atoms with Crippen LogP contribution in [0.25, 0.3) is 0 Å². The monoisotopic (exact) mass is 373 g/mol. The van der Waals surface area contributed by atoms with E-state index in [9.17, 15) is 38.0 Å². The molecule has 0 unspecified atom stereocenters. The van der Waals surface area contributed by atoms with E-state index in [1.807, 2.05) is 0 Å². The Morgan fingerprint density at radius 3 is 2.08 bits per heavy atom. The van der Waals surface area contributed by atoms with Crippen molar-refractivity contribution in [1.82, 2.24) is 5.32 Å². The van der Waals surface area contributed by atoms with Gasteiger partial charge >= 0.3 is 0 Å². The van der Waals surface area contributed by atoms with Gasteiger partial charge in [0.15, 0.2) is 0 Å². The predicted molar refractivity (Wildman–Crippen MR) is 84.8 cm³/mol. The van der Waals surface area contributed by atoms with Crippen LogP contribution in [0.4, 0.5) is 11.4 Å². The van der Waals surface area contributed by atoms with Gasteiger partial charge in [0.1, 0.15) is 5.25 Å². The number of hydrogen-bond donors (Lipinski definition) is 2. The Bertz CT molecular complexity index is 790. The van der Waals surface area contributed by atoms with E-state index in [-0.39, 0.29) is 12.0 Å². The largest absolute Gasteiger partial charge is 0.348 e. The first-order valence-corrected chi connectivity index (χ1v) is 8.81. The van der Waals surface area contributed by atoms with Crippen molar-refractivity contribution in [3.63, 3.8) is 0 Å². The zero-order valence-corrected chi connectivity index (χ0v) is 13.6. The lowest BCUT2D eigenvalue weighted by Crippen LogP contribution is -2.48. The number of non-ortho nitro benzene ring substituents is 2. The zero-order valence-electron chi connectivity index (χ0n) is 12.8. The fourth-order valence-electron chi connectivity index (χ4n) is 2.81. The molecule has 11 nitrogen and oxygen atoms in total. The number of carbonyl (C=O) groups excluding carboxylic acids is 1. The molecule has 1 fully saturated rings. The molecule has 1 aromatic carbocycles. The van der Waals surface area contributed by atoms with Crippen LogP contribution in [0.1, 0.15) is 36.0 Å². The van der Waals surface area contributed by atoms with Gasteiger partial charge in [-0.25, -0.2) is 0 Å². The van der Waals surface area contributed by atoms with Gasteiger partial charge in [-0.05, 0) is 12.8 Å². The van der Waals surface area contributed by atoms with Crippen molar-refractivity contribution < 1.29 is 27.6 Å². The summed E-state index contributed by atoms with van der Waals surface area (Å²) in [6.07, 6.45) is 1.66. The minimum Gasteiger partial charge on any atom is -0.348 e. The van der Waals surface area contributed by atoms with Gasteiger partial charge in [0, 0.05) is 18.2 Å². The lowest BCUT2D eigenvalue weighted by molar-refractivity contribution is -0.394. The van der Waals surface area contributed by atoms with Crippen molar-refractivity contribution in [1.29, 1.82) is 0 Å². The number of benzene rings is 1. The number of nitro groups is 2. The van der Waals surface area contributed by atoms with Crippen molar-refractivity contribution in [2.75, 3.05) is 0 Å². The highest BCUT2D eigenvalue weighted by Gasteiger charge is 2.35. The van der Waals surface area contributed by atoms with E-state index in [1.165, 1.54) is 0 Å². The lowest BCUT2D eigenvalue weighted by Gasteiger charge is -2.29. The van der Waals surface area contributed by atoms with Crippen LogP contribution in [-0.2, 0) is 10.1 Å². The molecule has 0 radical (unpaired) electrons. The van der Waals surface area contributed by atoms with Crippen LogP contribution in [0.3, 0.4) is 0 Å². The van der Waals surface area contributed by atoms with Gasteiger partial charge < -0.3 is 5.32 Å². The van der Waals surface area contributed by atoms with Crippen LogP contribution in [-0.4, -0.2) is 40.0 Å². The van der Waals surface area contributed by atoms with Crippen molar-refractivity contribution in [3.8, 4) is 0 Å². The molecular weight excluding hydrogens is 358 g/mol. The molecule has 0 aliphatic heterocycles. The van der Waals surface area contributed by atoms with Crippen LogP contribution >= 0.6 is 0 Å². The van der Waals surface area contributed by atoms with Crippen molar-refractivity contribution >= 4 is 27.4 Å². The van der Waals surface area contributed by atoms with E-state index in [0.29, 0.717) is 19.3 Å². The summed E-state index contributed by atoms with van der Waals surface area (Å²) in [5.74, 6) is -0.882. The summed E-state index contributed by atoms with van der Waals surface area (Å²) < 4.78 is 32.1. The summed E-state index contributed by atoms with van der Waals surface area (Å²) >= 11 is 0. The average Bonchev–Trinajstić information content (AvgIpc) is 2.53. The summed E-state index contributed by atoms with van der Waals surface area (Å²) in [6.45, 7) is 0. The molecule has 1 aromatic rings. The summed E-state index contributed by atoms with van der Waals surface area (Å²) in [6, 6.07) is 1.58. The molecule has 0 saturated heterocycles. The van der Waals surface area contributed by atoms with Crippen molar-refractivity contribution in [2.24, 2.45) is 0 Å². The molecule has 0 spiro atoms. The number of carbonyl (C=O) groups is 1. The van der Waals surface area contributed by atoms with Crippen LogP contribution < -0.4 is 5.32 Å². The van der Waals surface area contributed by atoms with E-state index >= 15 is 0 Å². The average molecular weight is 373 g/mol. The number of nitro benzene ring substituents is 2. The zero-order chi connectivity index (χ0) is 18.8. The summed E-state index contributed by atoms with van der Waals surface area (Å²) in [5.41, 5.74) is -1.59. The third-order valence-corrected chi connectivity index (χ3v) is 5.32. The maximum atomic E-state index is 12.3. The van der Waals surface area contributed by atoms with Crippen molar-refractivity contribution in [3.05, 3.63) is 44.0 Å². The van der Waals surface area contributed by atoms with Gasteiger partial charge in [0.2, 0.25) is 0 Å². The van der Waals surface area contributed by atoms with E-state index in [1.54, 1.807) is 0 Å². The molecule has 0 heterocycles. The summed E-state index contributed by atoms with van der Waals surface area (Å²) in [4.78, 5) is 32.3. The van der Waals surface area contributed by atoms with Crippen LogP contribution in [0.15, 0.2) is 18.2 Å². The first-order chi connectivity index (χ1) is 11.6. The quantitative estimate of drug-likeness (QED) is 0.443. The summed E-state index contributed by atoms with van der Waals surface area (Å²) in [7, 11) is -4.38. The number of amides is 1. The summed E-state index contributed by atoms with van der Waals surface area (Å²) in [5, 5.41) is 22.9. The minimum atomic E-state index is -4.38. The molecule has 1 aliphatic carbocycles. The smallest absolute Gasteiger partial charge is 0.277 e. The minimum absolute atomic E-state index is 0.166. The van der Waals surface area contributed by atoms with Crippen LogP contribution in [0, 0.1) is 20.2 Å². The standard InChI is InChI=1S/C13H15N3O8S/c17-13(14-11-3-1-2-4-12(11)25(22,23)24)8-5-9(15(18)19)7-10(6-8)16(20)21/h5-7,11-12H,1-4H2,(H,14,17)(H,22,23,24)/t11-,12-/m0/s1. The Balaban J connectivity index is 2.30. The SMILES string of the molecule is O=C(N[C@H]1CCCC[C@@H]1S(=O)(=O)O)c1cc([N+](=O)[O-])cc([N+](=O)[O-])c1. The fourth-order valence-corrected chi connectivity index (χ4v) is 3.89. The molecule has 2 N–H and O–H groups in total. The molecule has 1 saturated carbocycles. The Kier molecular flexibility index (Phi) is 5.33. The molecule has 136 valence electrons.